The molecule has 1 aromatic carbocycles. The molecule has 23 heavy (non-hydrogen) atoms. The van der Waals surface area contributed by atoms with Crippen LogP contribution >= 0.6 is 11.3 Å². The molecule has 0 aliphatic rings. The molecule has 124 valence electrons. The number of benzene rings is 1. The number of hydrogen-bond donors (Lipinski definition) is 3. The fraction of sp³-hybridized carbons (Fsp3) is 0.412. The number of rotatable bonds is 6. The van der Waals surface area contributed by atoms with E-state index in [2.05, 4.69) is 28.8 Å². The van der Waals surface area contributed by atoms with E-state index in [1.165, 1.54) is 10.1 Å². The van der Waals surface area contributed by atoms with Crippen molar-refractivity contribution in [3.63, 3.8) is 0 Å². The highest BCUT2D eigenvalue weighted by molar-refractivity contribution is 7.19. The van der Waals surface area contributed by atoms with Crippen LogP contribution in [0.2, 0.25) is 0 Å². The summed E-state index contributed by atoms with van der Waals surface area (Å²) in [5.74, 6) is -0.487. The minimum Gasteiger partial charge on any atom is -0.347 e. The summed E-state index contributed by atoms with van der Waals surface area (Å²) in [4.78, 5) is 24.8. The summed E-state index contributed by atoms with van der Waals surface area (Å²) in [5, 5.41) is 6.64. The lowest BCUT2D eigenvalue weighted by Gasteiger charge is -2.16. The second-order valence-corrected chi connectivity index (χ2v) is 7.08. The van der Waals surface area contributed by atoms with E-state index in [1.54, 1.807) is 11.3 Å². The zero-order valence-corrected chi connectivity index (χ0v) is 14.4. The fourth-order valence-electron chi connectivity index (χ4n) is 2.17. The van der Waals surface area contributed by atoms with Crippen LogP contribution in [0.3, 0.4) is 0 Å². The van der Waals surface area contributed by atoms with Gasteiger partial charge in [0.25, 0.3) is 0 Å². The summed E-state index contributed by atoms with van der Waals surface area (Å²) in [6.07, 6.45) is 0. The standard InChI is InChI=1S/C17H23N3O2S/c1-10(2)16(18)17(22)19-9-15(21)20-11(3)14-8-12-6-4-5-7-13(12)23-14/h4-8,10-11,16H,9,18H2,1-3H3,(H,19,22)(H,20,21)/t11?,16-/m0/s1. The summed E-state index contributed by atoms with van der Waals surface area (Å²) < 4.78 is 1.19. The number of thiophene rings is 1. The number of carbonyl (C=O) groups is 2. The Bertz CT molecular complexity index is 663. The maximum absolute atomic E-state index is 12.0. The number of hydrogen-bond acceptors (Lipinski definition) is 4. The number of nitrogens with one attached hydrogen (secondary N) is 2. The molecule has 4 N–H and O–H groups in total. The maximum atomic E-state index is 12.0. The van der Waals surface area contributed by atoms with Crippen LogP contribution in [-0.2, 0) is 9.59 Å². The monoisotopic (exact) mass is 333 g/mol. The first kappa shape index (κ1) is 17.4. The van der Waals surface area contributed by atoms with Gasteiger partial charge in [0.15, 0.2) is 0 Å². The largest absolute Gasteiger partial charge is 0.347 e. The molecule has 2 aromatic rings. The zero-order chi connectivity index (χ0) is 17.0. The van der Waals surface area contributed by atoms with Crippen molar-refractivity contribution in [3.8, 4) is 0 Å². The topological polar surface area (TPSA) is 84.2 Å². The van der Waals surface area contributed by atoms with E-state index in [1.807, 2.05) is 32.9 Å². The van der Waals surface area contributed by atoms with E-state index in [4.69, 9.17) is 5.73 Å². The first-order valence-corrected chi connectivity index (χ1v) is 8.51. The second kappa shape index (κ2) is 7.57. The van der Waals surface area contributed by atoms with Gasteiger partial charge in [-0.25, -0.2) is 0 Å². The van der Waals surface area contributed by atoms with Gasteiger partial charge in [0.1, 0.15) is 0 Å². The Labute approximate surface area is 140 Å². The molecular weight excluding hydrogens is 310 g/mol. The Kier molecular flexibility index (Phi) is 5.74. The van der Waals surface area contributed by atoms with Crippen LogP contribution in [-0.4, -0.2) is 24.4 Å². The number of nitrogens with two attached hydrogens (primary N) is 1. The maximum Gasteiger partial charge on any atom is 0.239 e. The van der Waals surface area contributed by atoms with E-state index in [-0.39, 0.29) is 30.3 Å². The van der Waals surface area contributed by atoms with Gasteiger partial charge in [0, 0.05) is 9.58 Å². The van der Waals surface area contributed by atoms with E-state index in [9.17, 15) is 9.59 Å². The first-order valence-electron chi connectivity index (χ1n) is 7.69. The molecule has 0 spiro atoms. The van der Waals surface area contributed by atoms with Gasteiger partial charge in [-0.05, 0) is 30.4 Å². The quantitative estimate of drug-likeness (QED) is 0.757. The van der Waals surface area contributed by atoms with Gasteiger partial charge in [0.05, 0.1) is 18.6 Å². The van der Waals surface area contributed by atoms with Crippen LogP contribution in [0.4, 0.5) is 0 Å². The van der Waals surface area contributed by atoms with Crippen LogP contribution < -0.4 is 16.4 Å². The fourth-order valence-corrected chi connectivity index (χ4v) is 3.23. The number of amides is 2. The highest BCUT2D eigenvalue weighted by Gasteiger charge is 2.18. The van der Waals surface area contributed by atoms with Crippen molar-refractivity contribution in [2.75, 3.05) is 6.54 Å². The molecule has 0 saturated carbocycles. The molecule has 2 amide bonds. The van der Waals surface area contributed by atoms with E-state index >= 15 is 0 Å². The molecule has 1 heterocycles. The lowest BCUT2D eigenvalue weighted by molar-refractivity contribution is -0.127. The van der Waals surface area contributed by atoms with E-state index in [0.29, 0.717) is 0 Å². The SMILES string of the molecule is CC(NC(=O)CNC(=O)[C@@H](N)C(C)C)c1cc2ccccc2s1. The van der Waals surface area contributed by atoms with Crippen molar-refractivity contribution in [2.45, 2.75) is 32.9 Å². The highest BCUT2D eigenvalue weighted by atomic mass is 32.1. The lowest BCUT2D eigenvalue weighted by atomic mass is 10.1. The van der Waals surface area contributed by atoms with Crippen molar-refractivity contribution in [1.82, 2.24) is 10.6 Å². The molecule has 0 aliphatic carbocycles. The molecule has 1 aromatic heterocycles. The van der Waals surface area contributed by atoms with Crippen molar-refractivity contribution >= 4 is 33.2 Å². The van der Waals surface area contributed by atoms with E-state index < -0.39 is 6.04 Å². The Morgan fingerprint density at radius 1 is 1.22 bits per heavy atom. The van der Waals surface area contributed by atoms with Gasteiger partial charge >= 0.3 is 0 Å². The normalized spacial score (nSPS) is 13.8. The van der Waals surface area contributed by atoms with Crippen molar-refractivity contribution in [1.29, 1.82) is 0 Å². The van der Waals surface area contributed by atoms with Crippen LogP contribution in [0.5, 0.6) is 0 Å². The number of carbonyl (C=O) groups excluding carboxylic acids is 2. The van der Waals surface area contributed by atoms with Gasteiger partial charge in [-0.2, -0.15) is 0 Å². The summed E-state index contributed by atoms with van der Waals surface area (Å²) in [6, 6.07) is 9.49. The summed E-state index contributed by atoms with van der Waals surface area (Å²) in [5.41, 5.74) is 5.74. The molecule has 0 aliphatic heterocycles. The minimum atomic E-state index is -0.595. The molecule has 2 rings (SSSR count). The molecule has 1 unspecified atom stereocenters. The molecule has 5 nitrogen and oxygen atoms in total. The van der Waals surface area contributed by atoms with Gasteiger partial charge in [-0.3, -0.25) is 9.59 Å². The van der Waals surface area contributed by atoms with Crippen LogP contribution in [0.1, 0.15) is 31.7 Å². The third-order valence-electron chi connectivity index (χ3n) is 3.69. The van der Waals surface area contributed by atoms with Gasteiger partial charge in [-0.1, -0.05) is 32.0 Å². The predicted molar refractivity (Wildman–Crippen MR) is 94.2 cm³/mol. The van der Waals surface area contributed by atoms with Crippen molar-refractivity contribution in [3.05, 3.63) is 35.2 Å². The Hall–Kier alpha value is -1.92. The molecule has 0 bridgehead atoms. The minimum absolute atomic E-state index is 0.0375. The summed E-state index contributed by atoms with van der Waals surface area (Å²) in [6.45, 7) is 5.61. The third kappa shape index (κ3) is 4.53. The van der Waals surface area contributed by atoms with Crippen molar-refractivity contribution in [2.24, 2.45) is 11.7 Å². The predicted octanol–water partition coefficient (Wildman–Crippen LogP) is 2.18. The average molecular weight is 333 g/mol. The molecule has 2 atom stereocenters. The second-order valence-electron chi connectivity index (χ2n) is 5.96. The summed E-state index contributed by atoms with van der Waals surface area (Å²) >= 11 is 1.66. The third-order valence-corrected chi connectivity index (χ3v) is 4.99. The molecule has 0 fully saturated rings. The first-order chi connectivity index (χ1) is 10.9. The molecule has 0 saturated heterocycles. The average Bonchev–Trinajstić information content (AvgIpc) is 2.95. The van der Waals surface area contributed by atoms with Gasteiger partial charge in [0.2, 0.25) is 11.8 Å². The van der Waals surface area contributed by atoms with Gasteiger partial charge in [-0.15, -0.1) is 11.3 Å². The Morgan fingerprint density at radius 3 is 2.57 bits per heavy atom. The smallest absolute Gasteiger partial charge is 0.239 e. The number of fused-ring (bicyclic) bond motifs is 1. The van der Waals surface area contributed by atoms with Crippen LogP contribution in [0, 0.1) is 5.92 Å². The zero-order valence-electron chi connectivity index (χ0n) is 13.6. The van der Waals surface area contributed by atoms with Gasteiger partial charge < -0.3 is 16.4 Å². The Balaban J connectivity index is 1.88. The lowest BCUT2D eigenvalue weighted by Crippen LogP contribution is -2.47. The van der Waals surface area contributed by atoms with Crippen LogP contribution in [0.15, 0.2) is 30.3 Å². The highest BCUT2D eigenvalue weighted by Crippen LogP contribution is 2.29. The van der Waals surface area contributed by atoms with Crippen LogP contribution in [0.25, 0.3) is 10.1 Å². The van der Waals surface area contributed by atoms with E-state index in [0.717, 1.165) is 4.88 Å². The van der Waals surface area contributed by atoms with Crippen molar-refractivity contribution < 1.29 is 9.59 Å². The Morgan fingerprint density at radius 2 is 1.91 bits per heavy atom. The summed E-state index contributed by atoms with van der Waals surface area (Å²) in [7, 11) is 0. The molecular formula is C17H23N3O2S. The molecule has 0 radical (unpaired) electrons. The molecule has 6 heteroatoms.